The third kappa shape index (κ3) is 27.8. The minimum absolute atomic E-state index is 0.229. The van der Waals surface area contributed by atoms with Crippen molar-refractivity contribution in [2.45, 2.75) is 349 Å². The molecule has 0 aromatic carbocycles. The number of nitrogens with one attached hydrogen (secondary N) is 2. The van der Waals surface area contributed by atoms with Crippen LogP contribution in [0, 0.1) is 0 Å². The van der Waals surface area contributed by atoms with E-state index in [1.165, 1.54) is 141 Å². The van der Waals surface area contributed by atoms with E-state index in [-0.39, 0.29) is 18.9 Å². The Labute approximate surface area is 506 Å². The van der Waals surface area contributed by atoms with Crippen LogP contribution in [0.2, 0.25) is 0 Å². The van der Waals surface area contributed by atoms with Crippen LogP contribution < -0.4 is 10.6 Å². The van der Waals surface area contributed by atoms with Gasteiger partial charge in [-0.15, -0.1) is 0 Å². The fourth-order valence-corrected chi connectivity index (χ4v) is 11.8. The molecule has 23 heteroatoms. The maximum absolute atomic E-state index is 13.4. The van der Waals surface area contributed by atoms with Gasteiger partial charge in [-0.25, -0.2) is 4.79 Å². The van der Waals surface area contributed by atoms with Crippen LogP contribution in [0.25, 0.3) is 0 Å². The molecule has 3 aliphatic rings. The first kappa shape index (κ1) is 77.0. The molecule has 18 unspecified atom stereocenters. The van der Waals surface area contributed by atoms with Crippen molar-refractivity contribution in [1.29, 1.82) is 0 Å². The Morgan fingerprint density at radius 2 is 1.02 bits per heavy atom. The Balaban J connectivity index is 1.62. The van der Waals surface area contributed by atoms with Crippen molar-refractivity contribution < 1.29 is 104 Å². The van der Waals surface area contributed by atoms with Crippen molar-refractivity contribution in [3.05, 3.63) is 0 Å². The van der Waals surface area contributed by atoms with Gasteiger partial charge in [0.25, 0.3) is 5.79 Å². The van der Waals surface area contributed by atoms with E-state index >= 15 is 0 Å². The van der Waals surface area contributed by atoms with Crippen LogP contribution in [0.15, 0.2) is 0 Å². The van der Waals surface area contributed by atoms with Gasteiger partial charge >= 0.3 is 5.97 Å². The summed E-state index contributed by atoms with van der Waals surface area (Å²) in [6, 6.07) is -2.52. The summed E-state index contributed by atoms with van der Waals surface area (Å²) in [5, 5.41) is 136. The lowest BCUT2D eigenvalue weighted by atomic mass is 9.88. The predicted molar refractivity (Wildman–Crippen MR) is 315 cm³/mol. The molecule has 18 atom stereocenters. The number of aliphatic carboxylic acids is 1. The van der Waals surface area contributed by atoms with Gasteiger partial charge in [0.1, 0.15) is 67.1 Å². The highest BCUT2D eigenvalue weighted by Gasteiger charge is 2.60. The van der Waals surface area contributed by atoms with E-state index in [1.54, 1.807) is 0 Å². The second-order valence-electron chi connectivity index (χ2n) is 24.3. The lowest BCUT2D eigenvalue weighted by Crippen LogP contribution is -2.70. The van der Waals surface area contributed by atoms with Crippen LogP contribution in [0.4, 0.5) is 0 Å². The molecule has 2 amide bonds. The third-order valence-corrected chi connectivity index (χ3v) is 17.1. The van der Waals surface area contributed by atoms with Crippen molar-refractivity contribution in [1.82, 2.24) is 10.6 Å². The lowest BCUT2D eigenvalue weighted by molar-refractivity contribution is -0.386. The molecule has 23 nitrogen and oxygen atoms in total. The number of carbonyl (C=O) groups is 3. The minimum atomic E-state index is -3.08. The molecule has 0 aromatic heterocycles. The molecule has 0 bridgehead atoms. The van der Waals surface area contributed by atoms with Crippen molar-refractivity contribution in [3.63, 3.8) is 0 Å². The Kier molecular flexibility index (Phi) is 40.1. The molecule has 3 heterocycles. The Morgan fingerprint density at radius 1 is 0.565 bits per heavy atom. The molecule has 500 valence electrons. The highest BCUT2D eigenvalue weighted by Crippen LogP contribution is 2.39. The third-order valence-electron chi connectivity index (χ3n) is 17.1. The molecule has 85 heavy (non-hydrogen) atoms. The van der Waals surface area contributed by atoms with Crippen molar-refractivity contribution in [2.75, 3.05) is 26.4 Å². The number of carboxylic acid groups (broad SMARTS) is 1. The molecule has 0 saturated carbocycles. The van der Waals surface area contributed by atoms with Gasteiger partial charge in [0.05, 0.1) is 50.7 Å². The number of hydrogen-bond acceptors (Lipinski definition) is 20. The predicted octanol–water partition coefficient (Wildman–Crippen LogP) is 4.56. The number of amides is 2. The van der Waals surface area contributed by atoms with Crippen LogP contribution in [0.1, 0.15) is 239 Å². The van der Waals surface area contributed by atoms with E-state index in [0.29, 0.717) is 19.3 Å². The summed E-state index contributed by atoms with van der Waals surface area (Å²) >= 11 is 0. The molecule has 3 saturated heterocycles. The summed E-state index contributed by atoms with van der Waals surface area (Å²) in [5.41, 5.74) is 0. The number of carbonyl (C=O) groups excluding carboxylic acids is 2. The van der Waals surface area contributed by atoms with Crippen LogP contribution in [-0.2, 0) is 42.8 Å². The second-order valence-corrected chi connectivity index (χ2v) is 24.3. The van der Waals surface area contributed by atoms with Gasteiger partial charge in [-0.05, 0) is 12.8 Å². The zero-order valence-corrected chi connectivity index (χ0v) is 51.7. The number of hydrogen-bond donors (Lipinski definition) is 14. The van der Waals surface area contributed by atoms with Crippen molar-refractivity contribution >= 4 is 17.8 Å². The summed E-state index contributed by atoms with van der Waals surface area (Å²) < 4.78 is 34.8. The fourth-order valence-electron chi connectivity index (χ4n) is 11.8. The van der Waals surface area contributed by atoms with E-state index in [4.69, 9.17) is 28.4 Å². The number of carboxylic acids is 1. The number of ether oxygens (including phenoxy) is 6. The molecule has 3 rings (SSSR count). The van der Waals surface area contributed by atoms with Crippen LogP contribution >= 0.6 is 0 Å². The maximum atomic E-state index is 13.4. The van der Waals surface area contributed by atoms with Gasteiger partial charge in [-0.2, -0.15) is 0 Å². The molecule has 14 N–H and O–H groups in total. The topological polar surface area (TPSA) is 373 Å². The minimum Gasteiger partial charge on any atom is -0.477 e. The first-order chi connectivity index (χ1) is 40.9. The van der Waals surface area contributed by atoms with Gasteiger partial charge in [-0.1, -0.05) is 206 Å². The quantitative estimate of drug-likeness (QED) is 0.0371. The van der Waals surface area contributed by atoms with Crippen LogP contribution in [-0.4, -0.2) is 215 Å². The van der Waals surface area contributed by atoms with Gasteiger partial charge in [0.2, 0.25) is 11.8 Å². The summed E-state index contributed by atoms with van der Waals surface area (Å²) in [5.74, 6) is -6.09. The molecular formula is C62H116N2O21. The van der Waals surface area contributed by atoms with E-state index in [2.05, 4.69) is 24.5 Å². The summed E-state index contributed by atoms with van der Waals surface area (Å²) in [6.07, 6.45) is 8.26. The van der Waals surface area contributed by atoms with Gasteiger partial charge in [0, 0.05) is 19.8 Å². The highest BCUT2D eigenvalue weighted by atomic mass is 16.8. The molecular weight excluding hydrogens is 1110 g/mol. The zero-order valence-electron chi connectivity index (χ0n) is 51.7. The first-order valence-electron chi connectivity index (χ1n) is 32.9. The Morgan fingerprint density at radius 3 is 1.47 bits per heavy atom. The second kappa shape index (κ2) is 44.2. The SMILES string of the molecule is CCCCCCCCCCCCCCCCCCCC(=O)NC(COC1OC(CO)C(OC2OC(CO)C(O)C(OC3(C(=O)O)CC(O)C(NC(C)=O)C(C(O)C(O)CO)O3)C2O)C(O)C1O)C(O)CCCCCCCCCCCCCCCC. The normalized spacial score (nSPS) is 29.5. The Bertz CT molecular complexity index is 1740. The van der Waals surface area contributed by atoms with Crippen molar-refractivity contribution in [2.24, 2.45) is 0 Å². The van der Waals surface area contributed by atoms with Crippen LogP contribution in [0.5, 0.6) is 0 Å². The number of rotatable bonds is 49. The summed E-state index contributed by atoms with van der Waals surface area (Å²) in [4.78, 5) is 38.5. The van der Waals surface area contributed by atoms with Crippen molar-refractivity contribution in [3.8, 4) is 0 Å². The highest BCUT2D eigenvalue weighted by molar-refractivity contribution is 5.77. The van der Waals surface area contributed by atoms with E-state index < -0.39 is 148 Å². The van der Waals surface area contributed by atoms with Gasteiger partial charge in [0.15, 0.2) is 12.6 Å². The first-order valence-corrected chi connectivity index (χ1v) is 32.9. The van der Waals surface area contributed by atoms with Crippen LogP contribution in [0.3, 0.4) is 0 Å². The van der Waals surface area contributed by atoms with Gasteiger partial charge in [-0.3, -0.25) is 9.59 Å². The molecule has 3 fully saturated rings. The number of aliphatic hydroxyl groups is 11. The monoisotopic (exact) mass is 1220 g/mol. The lowest BCUT2D eigenvalue weighted by Gasteiger charge is -2.50. The summed E-state index contributed by atoms with van der Waals surface area (Å²) in [6.45, 7) is 2.20. The average molecular weight is 1230 g/mol. The largest absolute Gasteiger partial charge is 0.477 e. The summed E-state index contributed by atoms with van der Waals surface area (Å²) in [7, 11) is 0. The smallest absolute Gasteiger partial charge is 0.364 e. The number of aliphatic hydroxyl groups excluding tert-OH is 11. The molecule has 0 aliphatic carbocycles. The number of unbranched alkanes of at least 4 members (excludes halogenated alkanes) is 29. The van der Waals surface area contributed by atoms with E-state index in [0.717, 1.165) is 51.9 Å². The Hall–Kier alpha value is -2.27. The molecule has 0 spiro atoms. The average Bonchev–Trinajstić information content (AvgIpc) is 1.58. The zero-order chi connectivity index (χ0) is 62.6. The molecule has 0 radical (unpaired) electrons. The molecule has 3 aliphatic heterocycles. The standard InChI is InChI=1S/C62H116N2O21/c1-4-6-8-10-12-14-16-18-20-21-22-24-26-28-30-32-34-36-49(72)64-43(44(69)35-33-31-29-27-25-23-19-17-15-13-11-9-7-5-2)41-80-59-54(76)53(75)56(48(40-67)82-59)83-60-55(77)58(52(74)47(39-66)81-60)85-62(61(78)79)37-45(70)50(63-42(3)68)57(84-62)51(73)46(71)38-65/h43-48,50-60,65-67,69-71,73-77H,4-41H2,1-3H3,(H,63,68)(H,64,72)(H,78,79). The van der Waals surface area contributed by atoms with Gasteiger partial charge < -0.3 is 100 Å². The molecule has 0 aromatic rings. The fraction of sp³-hybridized carbons (Fsp3) is 0.952. The maximum Gasteiger partial charge on any atom is 0.364 e. The van der Waals surface area contributed by atoms with E-state index in [1.807, 2.05) is 0 Å². The van der Waals surface area contributed by atoms with E-state index in [9.17, 15) is 75.7 Å².